The van der Waals surface area contributed by atoms with Gasteiger partial charge in [0.25, 0.3) is 0 Å². The Morgan fingerprint density at radius 2 is 1.81 bits per heavy atom. The molecule has 2 saturated carbocycles. The number of esters is 1. The summed E-state index contributed by atoms with van der Waals surface area (Å²) in [5.74, 6) is -0.0164. The van der Waals surface area contributed by atoms with E-state index in [0.29, 0.717) is 12.8 Å². The summed E-state index contributed by atoms with van der Waals surface area (Å²) in [5.41, 5.74) is 5.62. The van der Waals surface area contributed by atoms with Crippen molar-refractivity contribution in [2.24, 2.45) is 17.6 Å². The fraction of sp³-hybridized carbons (Fsp3) is 0.818. The number of nitrogens with one attached hydrogen (secondary N) is 1. The average molecular weight is 226 g/mol. The minimum Gasteiger partial charge on any atom is -0.469 e. The normalized spacial score (nSPS) is 36.9. The maximum atomic E-state index is 11.6. The van der Waals surface area contributed by atoms with Crippen LogP contribution >= 0.6 is 0 Å². The minimum atomic E-state index is -0.170. The predicted octanol–water partition coefficient (Wildman–Crippen LogP) is -0.208. The number of nitrogens with two attached hydrogens (primary N) is 1. The highest BCUT2D eigenvalue weighted by Crippen LogP contribution is 2.30. The molecule has 0 radical (unpaired) electrons. The first kappa shape index (κ1) is 11.4. The molecular formula is C11H18N2O3. The van der Waals surface area contributed by atoms with Gasteiger partial charge in [0.15, 0.2) is 0 Å². The molecule has 1 amide bonds. The maximum Gasteiger partial charge on any atom is 0.308 e. The number of ether oxygens (including phenoxy) is 1. The molecule has 2 rings (SSSR count). The Balaban J connectivity index is 1.66. The molecule has 0 saturated heterocycles. The van der Waals surface area contributed by atoms with Crippen molar-refractivity contribution in [1.29, 1.82) is 0 Å². The van der Waals surface area contributed by atoms with Crippen LogP contribution in [0.1, 0.15) is 25.7 Å². The van der Waals surface area contributed by atoms with Gasteiger partial charge in [-0.3, -0.25) is 9.59 Å². The predicted molar refractivity (Wildman–Crippen MR) is 57.4 cm³/mol. The molecule has 0 heterocycles. The quantitative estimate of drug-likeness (QED) is 0.652. The van der Waals surface area contributed by atoms with Gasteiger partial charge in [-0.25, -0.2) is 0 Å². The number of amides is 1. The second kappa shape index (κ2) is 4.41. The van der Waals surface area contributed by atoms with E-state index in [1.807, 2.05) is 0 Å². The fourth-order valence-electron chi connectivity index (χ4n) is 2.29. The van der Waals surface area contributed by atoms with Crippen molar-refractivity contribution in [2.75, 3.05) is 7.11 Å². The van der Waals surface area contributed by atoms with Crippen LogP contribution in [0.25, 0.3) is 0 Å². The van der Waals surface area contributed by atoms with Crippen molar-refractivity contribution in [3.05, 3.63) is 0 Å². The smallest absolute Gasteiger partial charge is 0.308 e. The average Bonchev–Trinajstić information content (AvgIpc) is 2.16. The molecule has 0 spiro atoms. The van der Waals surface area contributed by atoms with E-state index in [-0.39, 0.29) is 35.8 Å². The lowest BCUT2D eigenvalue weighted by atomic mass is 9.77. The van der Waals surface area contributed by atoms with E-state index in [0.717, 1.165) is 12.8 Å². The largest absolute Gasteiger partial charge is 0.469 e. The minimum absolute atomic E-state index is 0.0288. The summed E-state index contributed by atoms with van der Waals surface area (Å²) in [7, 11) is 1.39. The molecule has 5 nitrogen and oxygen atoms in total. The Morgan fingerprint density at radius 3 is 2.31 bits per heavy atom. The highest BCUT2D eigenvalue weighted by molar-refractivity contribution is 5.81. The van der Waals surface area contributed by atoms with Gasteiger partial charge in [-0.15, -0.1) is 0 Å². The van der Waals surface area contributed by atoms with Crippen LogP contribution in [0.3, 0.4) is 0 Å². The molecular weight excluding hydrogens is 208 g/mol. The second-order valence-electron chi connectivity index (χ2n) is 4.83. The number of carbonyl (C=O) groups excluding carboxylic acids is 2. The maximum absolute atomic E-state index is 11.6. The molecule has 0 atom stereocenters. The van der Waals surface area contributed by atoms with E-state index in [4.69, 9.17) is 5.73 Å². The Hall–Kier alpha value is -1.10. The zero-order valence-corrected chi connectivity index (χ0v) is 9.44. The Labute approximate surface area is 94.7 Å². The molecule has 2 fully saturated rings. The zero-order valence-electron chi connectivity index (χ0n) is 9.44. The lowest BCUT2D eigenvalue weighted by molar-refractivity contribution is -0.150. The van der Waals surface area contributed by atoms with E-state index >= 15 is 0 Å². The van der Waals surface area contributed by atoms with Crippen molar-refractivity contribution in [3.63, 3.8) is 0 Å². The van der Waals surface area contributed by atoms with E-state index < -0.39 is 0 Å². The molecule has 3 N–H and O–H groups in total. The molecule has 2 aliphatic rings. The molecule has 0 bridgehead atoms. The number of carbonyl (C=O) groups is 2. The SMILES string of the molecule is COC(=O)C1CC(NC(=O)C2CC(N)C2)C1. The molecule has 0 aliphatic heterocycles. The summed E-state index contributed by atoms with van der Waals surface area (Å²) in [6.07, 6.45) is 2.99. The number of rotatable bonds is 3. The van der Waals surface area contributed by atoms with Gasteiger partial charge in [0.1, 0.15) is 0 Å². The van der Waals surface area contributed by atoms with E-state index in [1.165, 1.54) is 7.11 Å². The van der Waals surface area contributed by atoms with Gasteiger partial charge in [-0.2, -0.15) is 0 Å². The fourth-order valence-corrected chi connectivity index (χ4v) is 2.29. The molecule has 2 aliphatic carbocycles. The number of methoxy groups -OCH3 is 1. The molecule has 0 unspecified atom stereocenters. The molecule has 0 aromatic carbocycles. The lowest BCUT2D eigenvalue weighted by Gasteiger charge is -2.37. The van der Waals surface area contributed by atoms with Gasteiger partial charge in [0.2, 0.25) is 5.91 Å². The summed E-state index contributed by atoms with van der Waals surface area (Å²) in [4.78, 5) is 22.8. The van der Waals surface area contributed by atoms with E-state index in [9.17, 15) is 9.59 Å². The first-order valence-electron chi connectivity index (χ1n) is 5.74. The molecule has 5 heteroatoms. The van der Waals surface area contributed by atoms with Crippen LogP contribution < -0.4 is 11.1 Å². The highest BCUT2D eigenvalue weighted by atomic mass is 16.5. The monoisotopic (exact) mass is 226 g/mol. The summed E-state index contributed by atoms with van der Waals surface area (Å²) in [5, 5.41) is 2.95. The van der Waals surface area contributed by atoms with Gasteiger partial charge in [-0.1, -0.05) is 0 Å². The van der Waals surface area contributed by atoms with Gasteiger partial charge < -0.3 is 15.8 Å². The van der Waals surface area contributed by atoms with Crippen molar-refractivity contribution in [2.45, 2.75) is 37.8 Å². The van der Waals surface area contributed by atoms with Crippen LogP contribution in [0.4, 0.5) is 0 Å². The third kappa shape index (κ3) is 2.19. The van der Waals surface area contributed by atoms with Gasteiger partial charge in [0.05, 0.1) is 13.0 Å². The summed E-state index contributed by atoms with van der Waals surface area (Å²) < 4.78 is 4.63. The van der Waals surface area contributed by atoms with Crippen molar-refractivity contribution < 1.29 is 14.3 Å². The summed E-state index contributed by atoms with van der Waals surface area (Å²) in [6, 6.07) is 0.341. The van der Waals surface area contributed by atoms with Crippen molar-refractivity contribution >= 4 is 11.9 Å². The third-order valence-corrected chi connectivity index (χ3v) is 3.56. The van der Waals surface area contributed by atoms with Crippen LogP contribution in [0.15, 0.2) is 0 Å². The van der Waals surface area contributed by atoms with Crippen LogP contribution in [-0.2, 0) is 14.3 Å². The standard InChI is InChI=1S/C11H18N2O3/c1-16-11(15)7-4-9(5-7)13-10(14)6-2-8(12)3-6/h6-9H,2-5,12H2,1H3,(H,13,14). The van der Waals surface area contributed by atoms with Gasteiger partial charge in [0, 0.05) is 18.0 Å². The first-order valence-corrected chi connectivity index (χ1v) is 5.74. The van der Waals surface area contributed by atoms with Crippen LogP contribution in [-0.4, -0.2) is 31.1 Å². The van der Waals surface area contributed by atoms with E-state index in [1.54, 1.807) is 0 Å². The zero-order chi connectivity index (χ0) is 11.7. The summed E-state index contributed by atoms with van der Waals surface area (Å²) in [6.45, 7) is 0. The first-order chi connectivity index (χ1) is 7.60. The van der Waals surface area contributed by atoms with Crippen LogP contribution in [0.2, 0.25) is 0 Å². The van der Waals surface area contributed by atoms with Crippen LogP contribution in [0.5, 0.6) is 0 Å². The van der Waals surface area contributed by atoms with Gasteiger partial charge >= 0.3 is 5.97 Å². The second-order valence-corrected chi connectivity index (χ2v) is 4.83. The Kier molecular flexibility index (Phi) is 3.14. The van der Waals surface area contributed by atoms with Crippen molar-refractivity contribution in [1.82, 2.24) is 5.32 Å². The third-order valence-electron chi connectivity index (χ3n) is 3.56. The topological polar surface area (TPSA) is 81.4 Å². The van der Waals surface area contributed by atoms with E-state index in [2.05, 4.69) is 10.1 Å². The number of hydrogen-bond acceptors (Lipinski definition) is 4. The highest BCUT2D eigenvalue weighted by Gasteiger charge is 2.39. The van der Waals surface area contributed by atoms with Crippen molar-refractivity contribution in [3.8, 4) is 0 Å². The van der Waals surface area contributed by atoms with Gasteiger partial charge in [-0.05, 0) is 25.7 Å². The Morgan fingerprint density at radius 1 is 1.19 bits per heavy atom. The van der Waals surface area contributed by atoms with Crippen LogP contribution in [0, 0.1) is 11.8 Å². The summed E-state index contributed by atoms with van der Waals surface area (Å²) >= 11 is 0. The number of hydrogen-bond donors (Lipinski definition) is 2. The molecule has 90 valence electrons. The molecule has 16 heavy (non-hydrogen) atoms. The molecule has 0 aromatic heterocycles. The Bertz CT molecular complexity index is 294. The molecule has 0 aromatic rings. The lowest BCUT2D eigenvalue weighted by Crippen LogP contribution is -2.52.